The zero-order valence-electron chi connectivity index (χ0n) is 17.6. The fourth-order valence-electron chi connectivity index (χ4n) is 3.44. The molecule has 1 saturated heterocycles. The summed E-state index contributed by atoms with van der Waals surface area (Å²) in [6.07, 6.45) is 4.22. The zero-order valence-corrected chi connectivity index (χ0v) is 20.8. The van der Waals surface area contributed by atoms with Gasteiger partial charge in [-0.1, -0.05) is 13.0 Å². The van der Waals surface area contributed by atoms with Gasteiger partial charge in [0.2, 0.25) is 0 Å². The first-order chi connectivity index (χ1) is 14.2. The molecule has 10 heteroatoms. The lowest BCUT2D eigenvalue weighted by atomic mass is 9.97. The molecule has 0 saturated carbocycles. The van der Waals surface area contributed by atoms with E-state index in [2.05, 4.69) is 43.4 Å². The summed E-state index contributed by atoms with van der Waals surface area (Å²) >= 11 is 1.71. The van der Waals surface area contributed by atoms with Crippen LogP contribution in [0.1, 0.15) is 37.4 Å². The largest absolute Gasteiger partial charge is 0.466 e. The number of hydrogen-bond acceptors (Lipinski definition) is 6. The maximum Gasteiger partial charge on any atom is 0.309 e. The predicted molar refractivity (Wildman–Crippen MR) is 129 cm³/mol. The van der Waals surface area contributed by atoms with Crippen LogP contribution in [0, 0.1) is 5.92 Å². The lowest BCUT2D eigenvalue weighted by molar-refractivity contribution is -0.149. The smallest absolute Gasteiger partial charge is 0.309 e. The molecule has 1 N–H and O–H groups in total. The van der Waals surface area contributed by atoms with Crippen molar-refractivity contribution in [3.63, 3.8) is 0 Å². The summed E-state index contributed by atoms with van der Waals surface area (Å²) in [6.45, 7) is 8.15. The van der Waals surface area contributed by atoms with E-state index in [-0.39, 0.29) is 35.9 Å². The second-order valence-corrected chi connectivity index (χ2v) is 7.99. The van der Waals surface area contributed by atoms with Gasteiger partial charge >= 0.3 is 5.97 Å². The summed E-state index contributed by atoms with van der Waals surface area (Å²) in [7, 11) is 0. The van der Waals surface area contributed by atoms with Crippen LogP contribution in [0.4, 0.5) is 0 Å². The average Bonchev–Trinajstić information content (AvgIpc) is 3.42. The summed E-state index contributed by atoms with van der Waals surface area (Å²) in [6, 6.07) is 4.15. The van der Waals surface area contributed by atoms with E-state index in [0.717, 1.165) is 57.2 Å². The molecule has 1 aliphatic heterocycles. The number of carbonyl (C=O) groups is 1. The van der Waals surface area contributed by atoms with Crippen LogP contribution in [0.15, 0.2) is 28.8 Å². The van der Waals surface area contributed by atoms with Gasteiger partial charge in [0.1, 0.15) is 12.2 Å². The molecule has 30 heavy (non-hydrogen) atoms. The highest BCUT2D eigenvalue weighted by Gasteiger charge is 2.27. The fraction of sp³-hybridized carbons (Fsp3) is 0.600. The molecule has 3 rings (SSSR count). The molecule has 0 radical (unpaired) electrons. The number of aromatic nitrogens is 3. The first-order valence-corrected chi connectivity index (χ1v) is 11.2. The highest BCUT2D eigenvalue weighted by atomic mass is 127. The van der Waals surface area contributed by atoms with Crippen molar-refractivity contribution >= 4 is 47.2 Å². The SMILES string of the molecule is CCOC(=O)C1CCN(C(=NCc2cccs2)NCCn2cnnc2CC)CC1.I. The average molecular weight is 546 g/mol. The standard InChI is InChI=1S/C20H30N6O2S.HI/c1-3-18-24-23-15-26(18)12-9-21-20(22-14-17-6-5-13-29-17)25-10-7-16(8-11-25)19(27)28-4-2;/h5-6,13,15-16H,3-4,7-12,14H2,1-2H3,(H,21,22);1H. The Kier molecular flexibility index (Phi) is 10.6. The van der Waals surface area contributed by atoms with Gasteiger partial charge in [-0.15, -0.1) is 45.5 Å². The number of esters is 1. The highest BCUT2D eigenvalue weighted by molar-refractivity contribution is 14.0. The molecule has 0 unspecified atom stereocenters. The van der Waals surface area contributed by atoms with Crippen LogP contribution in [0.5, 0.6) is 0 Å². The monoisotopic (exact) mass is 546 g/mol. The Morgan fingerprint density at radius 1 is 1.37 bits per heavy atom. The van der Waals surface area contributed by atoms with Crippen LogP contribution in [0.2, 0.25) is 0 Å². The number of rotatable bonds is 8. The van der Waals surface area contributed by atoms with Gasteiger partial charge in [-0.2, -0.15) is 0 Å². The molecule has 3 heterocycles. The Morgan fingerprint density at radius 2 is 2.17 bits per heavy atom. The lowest BCUT2D eigenvalue weighted by Crippen LogP contribution is -2.47. The molecule has 0 spiro atoms. The number of likely N-dealkylation sites (tertiary alicyclic amines) is 1. The number of aryl methyl sites for hydroxylation is 1. The molecule has 0 bridgehead atoms. The van der Waals surface area contributed by atoms with Gasteiger partial charge < -0.3 is 19.5 Å². The van der Waals surface area contributed by atoms with Crippen molar-refractivity contribution < 1.29 is 9.53 Å². The molecule has 166 valence electrons. The molecule has 0 aromatic carbocycles. The quantitative estimate of drug-likeness (QED) is 0.237. The molecular weight excluding hydrogens is 515 g/mol. The summed E-state index contributed by atoms with van der Waals surface area (Å²) in [5, 5.41) is 13.7. The van der Waals surface area contributed by atoms with Crippen LogP contribution in [-0.2, 0) is 29.0 Å². The number of nitrogens with one attached hydrogen (secondary N) is 1. The Morgan fingerprint density at radius 3 is 2.83 bits per heavy atom. The Bertz CT molecular complexity index is 787. The molecular formula is C20H31IN6O2S. The van der Waals surface area contributed by atoms with E-state index in [1.165, 1.54) is 4.88 Å². The molecule has 2 aromatic rings. The minimum absolute atomic E-state index is 0. The number of aliphatic imine (C=N–C) groups is 1. The van der Waals surface area contributed by atoms with Crippen LogP contribution < -0.4 is 5.32 Å². The fourth-order valence-corrected chi connectivity index (χ4v) is 4.07. The zero-order chi connectivity index (χ0) is 20.5. The summed E-state index contributed by atoms with van der Waals surface area (Å²) in [5.74, 6) is 1.80. The van der Waals surface area contributed by atoms with Crippen LogP contribution >= 0.6 is 35.3 Å². The molecule has 8 nitrogen and oxygen atoms in total. The third-order valence-electron chi connectivity index (χ3n) is 5.03. The number of ether oxygens (including phenoxy) is 1. The third kappa shape index (κ3) is 6.93. The Hall–Kier alpha value is -1.69. The summed E-state index contributed by atoms with van der Waals surface area (Å²) in [4.78, 5) is 20.3. The normalized spacial score (nSPS) is 15.0. The van der Waals surface area contributed by atoms with Crippen molar-refractivity contribution in [2.75, 3.05) is 26.2 Å². The number of guanidine groups is 1. The Balaban J connectivity index is 0.00000320. The first-order valence-electron chi connectivity index (χ1n) is 10.3. The van der Waals surface area contributed by atoms with E-state index in [9.17, 15) is 4.79 Å². The van der Waals surface area contributed by atoms with E-state index in [4.69, 9.17) is 9.73 Å². The molecule has 0 amide bonds. The first kappa shape index (κ1) is 24.6. The van der Waals surface area contributed by atoms with Gasteiger partial charge in [0.25, 0.3) is 0 Å². The maximum atomic E-state index is 12.0. The molecule has 1 aliphatic rings. The van der Waals surface area contributed by atoms with Gasteiger partial charge in [-0.25, -0.2) is 4.99 Å². The van der Waals surface area contributed by atoms with Crippen molar-refractivity contribution in [2.45, 2.75) is 46.2 Å². The number of thiophene rings is 1. The van der Waals surface area contributed by atoms with Crippen LogP contribution in [-0.4, -0.2) is 57.8 Å². The van der Waals surface area contributed by atoms with Crippen molar-refractivity contribution in [2.24, 2.45) is 10.9 Å². The number of piperidine rings is 1. The van der Waals surface area contributed by atoms with E-state index in [0.29, 0.717) is 13.2 Å². The molecule has 0 atom stereocenters. The van der Waals surface area contributed by atoms with E-state index in [1.807, 2.05) is 13.0 Å². The lowest BCUT2D eigenvalue weighted by Gasteiger charge is -2.33. The van der Waals surface area contributed by atoms with E-state index >= 15 is 0 Å². The molecule has 0 aliphatic carbocycles. The van der Waals surface area contributed by atoms with Gasteiger partial charge in [0, 0.05) is 37.5 Å². The van der Waals surface area contributed by atoms with E-state index < -0.39 is 0 Å². The predicted octanol–water partition coefficient (Wildman–Crippen LogP) is 2.94. The van der Waals surface area contributed by atoms with Crippen LogP contribution in [0.25, 0.3) is 0 Å². The number of halogens is 1. The van der Waals surface area contributed by atoms with Gasteiger partial charge in [-0.3, -0.25) is 4.79 Å². The maximum absolute atomic E-state index is 12.0. The van der Waals surface area contributed by atoms with Crippen LogP contribution in [0.3, 0.4) is 0 Å². The Labute approximate surface area is 199 Å². The minimum Gasteiger partial charge on any atom is -0.466 e. The molecule has 2 aromatic heterocycles. The highest BCUT2D eigenvalue weighted by Crippen LogP contribution is 2.19. The minimum atomic E-state index is -0.0723. The van der Waals surface area contributed by atoms with Gasteiger partial charge in [0.15, 0.2) is 5.96 Å². The topological polar surface area (TPSA) is 84.6 Å². The van der Waals surface area contributed by atoms with Crippen molar-refractivity contribution in [1.29, 1.82) is 0 Å². The van der Waals surface area contributed by atoms with Crippen molar-refractivity contribution in [3.05, 3.63) is 34.5 Å². The summed E-state index contributed by atoms with van der Waals surface area (Å²) < 4.78 is 7.25. The number of carbonyl (C=O) groups excluding carboxylic acids is 1. The number of hydrogen-bond donors (Lipinski definition) is 1. The van der Waals surface area contributed by atoms with Crippen molar-refractivity contribution in [1.82, 2.24) is 25.0 Å². The second-order valence-electron chi connectivity index (χ2n) is 6.95. The summed E-state index contributed by atoms with van der Waals surface area (Å²) in [5.41, 5.74) is 0. The second kappa shape index (κ2) is 12.9. The third-order valence-corrected chi connectivity index (χ3v) is 5.89. The van der Waals surface area contributed by atoms with Gasteiger partial charge in [-0.05, 0) is 31.2 Å². The van der Waals surface area contributed by atoms with Crippen molar-refractivity contribution in [3.8, 4) is 0 Å². The van der Waals surface area contributed by atoms with Gasteiger partial charge in [0.05, 0.1) is 19.1 Å². The number of nitrogens with zero attached hydrogens (tertiary/aromatic N) is 5. The van der Waals surface area contributed by atoms with E-state index in [1.54, 1.807) is 17.7 Å². The molecule has 1 fully saturated rings.